The van der Waals surface area contributed by atoms with Crippen LogP contribution < -0.4 is 10.5 Å². The Kier molecular flexibility index (Phi) is 5.58. The highest BCUT2D eigenvalue weighted by atomic mass is 16.5. The monoisotopic (exact) mass is 343 g/mol. The van der Waals surface area contributed by atoms with Gasteiger partial charge in [0.1, 0.15) is 5.75 Å². The maximum absolute atomic E-state index is 12.9. The van der Waals surface area contributed by atoms with E-state index in [2.05, 4.69) is 18.4 Å². The molecule has 0 saturated carbocycles. The van der Waals surface area contributed by atoms with E-state index in [-0.39, 0.29) is 11.3 Å². The van der Waals surface area contributed by atoms with Crippen molar-refractivity contribution < 1.29 is 9.53 Å². The molecule has 0 saturated heterocycles. The Morgan fingerprint density at radius 2 is 1.84 bits per heavy atom. The lowest BCUT2D eigenvalue weighted by Crippen LogP contribution is -2.39. The van der Waals surface area contributed by atoms with Gasteiger partial charge in [-0.1, -0.05) is 13.8 Å². The average Bonchev–Trinajstić information content (AvgIpc) is 2.88. The molecule has 0 aliphatic rings. The highest BCUT2D eigenvalue weighted by Gasteiger charge is 2.24. The molecule has 2 aromatic rings. The zero-order valence-electron chi connectivity index (χ0n) is 16.1. The molecule has 0 aliphatic heterocycles. The molecule has 0 atom stereocenters. The highest BCUT2D eigenvalue weighted by Crippen LogP contribution is 2.24. The van der Waals surface area contributed by atoms with E-state index in [1.807, 2.05) is 51.2 Å². The molecule has 5 nitrogen and oxygen atoms in total. The molecule has 2 N–H and O–H groups in total. The van der Waals surface area contributed by atoms with Crippen LogP contribution in [0.5, 0.6) is 5.75 Å². The Balaban J connectivity index is 2.33. The lowest BCUT2D eigenvalue weighted by molar-refractivity contribution is 0.0740. The first kappa shape index (κ1) is 19.1. The summed E-state index contributed by atoms with van der Waals surface area (Å²) >= 11 is 0. The molecule has 0 spiro atoms. The molecule has 25 heavy (non-hydrogen) atoms. The number of methoxy groups -OCH3 is 1. The van der Waals surface area contributed by atoms with Gasteiger partial charge in [0.15, 0.2) is 0 Å². The number of hydrogen-bond donors (Lipinski definition) is 1. The minimum atomic E-state index is -0.105. The van der Waals surface area contributed by atoms with Gasteiger partial charge in [0.25, 0.3) is 5.91 Å². The highest BCUT2D eigenvalue weighted by molar-refractivity contribution is 5.95. The summed E-state index contributed by atoms with van der Waals surface area (Å²) in [6.07, 6.45) is 0. The Hall–Kier alpha value is -2.27. The van der Waals surface area contributed by atoms with Crippen LogP contribution >= 0.6 is 0 Å². The third-order valence-corrected chi connectivity index (χ3v) is 4.56. The van der Waals surface area contributed by atoms with Gasteiger partial charge in [-0.3, -0.25) is 4.79 Å². The van der Waals surface area contributed by atoms with Crippen LogP contribution in [-0.4, -0.2) is 42.6 Å². The van der Waals surface area contributed by atoms with E-state index >= 15 is 0 Å². The van der Waals surface area contributed by atoms with Crippen molar-refractivity contribution in [2.75, 3.05) is 27.2 Å². The number of benzene rings is 1. The molecule has 1 aromatic carbocycles. The summed E-state index contributed by atoms with van der Waals surface area (Å²) < 4.78 is 7.31. The quantitative estimate of drug-likeness (QED) is 0.876. The molecule has 0 unspecified atom stereocenters. The Bertz CT molecular complexity index is 745. The van der Waals surface area contributed by atoms with Gasteiger partial charge in [-0.05, 0) is 56.1 Å². The number of aryl methyl sites for hydroxylation is 1. The van der Waals surface area contributed by atoms with E-state index < -0.39 is 0 Å². The predicted octanol–water partition coefficient (Wildman–Crippen LogP) is 3.16. The maximum Gasteiger partial charge on any atom is 0.255 e. The summed E-state index contributed by atoms with van der Waals surface area (Å²) in [4.78, 5) is 14.7. The van der Waals surface area contributed by atoms with Gasteiger partial charge < -0.3 is 19.9 Å². The summed E-state index contributed by atoms with van der Waals surface area (Å²) in [5, 5.41) is 0. The van der Waals surface area contributed by atoms with Gasteiger partial charge >= 0.3 is 0 Å². The molecule has 0 fully saturated rings. The van der Waals surface area contributed by atoms with Crippen molar-refractivity contribution in [2.45, 2.75) is 27.7 Å². The number of ether oxygens (including phenoxy) is 1. The van der Waals surface area contributed by atoms with Crippen LogP contribution in [0.1, 0.15) is 35.6 Å². The normalized spacial score (nSPS) is 11.5. The first-order valence-corrected chi connectivity index (χ1v) is 8.49. The maximum atomic E-state index is 12.9. The Labute approximate surface area is 150 Å². The summed E-state index contributed by atoms with van der Waals surface area (Å²) in [6, 6.07) is 9.79. The van der Waals surface area contributed by atoms with Crippen molar-refractivity contribution in [3.05, 3.63) is 47.3 Å². The molecule has 0 bridgehead atoms. The van der Waals surface area contributed by atoms with Gasteiger partial charge in [0, 0.05) is 30.7 Å². The predicted molar refractivity (Wildman–Crippen MR) is 102 cm³/mol. The van der Waals surface area contributed by atoms with E-state index in [1.54, 1.807) is 12.0 Å². The van der Waals surface area contributed by atoms with Crippen molar-refractivity contribution in [1.29, 1.82) is 0 Å². The molecular weight excluding hydrogens is 314 g/mol. The topological polar surface area (TPSA) is 60.5 Å². The van der Waals surface area contributed by atoms with Crippen molar-refractivity contribution in [3.63, 3.8) is 0 Å². The Morgan fingerprint density at radius 1 is 1.24 bits per heavy atom. The second kappa shape index (κ2) is 7.31. The van der Waals surface area contributed by atoms with Gasteiger partial charge in [0.05, 0.1) is 12.7 Å². The van der Waals surface area contributed by atoms with E-state index in [4.69, 9.17) is 10.5 Å². The van der Waals surface area contributed by atoms with Crippen molar-refractivity contribution in [3.8, 4) is 11.4 Å². The van der Waals surface area contributed by atoms with E-state index in [0.29, 0.717) is 13.1 Å². The van der Waals surface area contributed by atoms with Crippen LogP contribution in [0.4, 0.5) is 0 Å². The van der Waals surface area contributed by atoms with Crippen LogP contribution in [-0.2, 0) is 0 Å². The fraction of sp³-hybridized carbons (Fsp3) is 0.450. The number of carbonyl (C=O) groups is 1. The minimum Gasteiger partial charge on any atom is -0.497 e. The second-order valence-corrected chi connectivity index (χ2v) is 7.35. The molecular formula is C20H29N3O2. The molecule has 5 heteroatoms. The molecule has 2 rings (SSSR count). The molecule has 136 valence electrons. The van der Waals surface area contributed by atoms with Gasteiger partial charge in [0.2, 0.25) is 0 Å². The number of amides is 1. The van der Waals surface area contributed by atoms with Crippen LogP contribution in [0.3, 0.4) is 0 Å². The largest absolute Gasteiger partial charge is 0.497 e. The zero-order valence-corrected chi connectivity index (χ0v) is 16.1. The van der Waals surface area contributed by atoms with Crippen LogP contribution in [0.25, 0.3) is 5.69 Å². The summed E-state index contributed by atoms with van der Waals surface area (Å²) in [6.45, 7) is 9.28. The molecule has 0 radical (unpaired) electrons. The molecule has 1 amide bonds. The fourth-order valence-electron chi connectivity index (χ4n) is 3.09. The third-order valence-electron chi connectivity index (χ3n) is 4.56. The summed E-state index contributed by atoms with van der Waals surface area (Å²) in [5.41, 5.74) is 9.39. The minimum absolute atomic E-state index is 0.0226. The SMILES string of the molecule is COc1ccc(-n2c(C)cc(C(=O)N(C)CC(C)(C)CN)c2C)cc1. The van der Waals surface area contributed by atoms with E-state index in [9.17, 15) is 4.79 Å². The van der Waals surface area contributed by atoms with Crippen molar-refractivity contribution in [1.82, 2.24) is 9.47 Å². The average molecular weight is 343 g/mol. The van der Waals surface area contributed by atoms with Gasteiger partial charge in [-0.15, -0.1) is 0 Å². The number of carbonyl (C=O) groups excluding carboxylic acids is 1. The number of nitrogens with zero attached hydrogens (tertiary/aromatic N) is 2. The smallest absolute Gasteiger partial charge is 0.255 e. The summed E-state index contributed by atoms with van der Waals surface area (Å²) in [7, 11) is 3.48. The van der Waals surface area contributed by atoms with Gasteiger partial charge in [-0.2, -0.15) is 0 Å². The first-order chi connectivity index (χ1) is 11.7. The molecule has 1 heterocycles. The van der Waals surface area contributed by atoms with Crippen LogP contribution in [0.15, 0.2) is 30.3 Å². The first-order valence-electron chi connectivity index (χ1n) is 8.49. The van der Waals surface area contributed by atoms with E-state index in [0.717, 1.165) is 28.4 Å². The number of aromatic nitrogens is 1. The number of nitrogens with two attached hydrogens (primary N) is 1. The summed E-state index contributed by atoms with van der Waals surface area (Å²) in [5.74, 6) is 0.834. The zero-order chi connectivity index (χ0) is 18.8. The fourth-order valence-corrected chi connectivity index (χ4v) is 3.09. The molecule has 1 aromatic heterocycles. The molecule has 0 aliphatic carbocycles. The number of rotatable bonds is 6. The third kappa shape index (κ3) is 4.04. The van der Waals surface area contributed by atoms with E-state index in [1.165, 1.54) is 0 Å². The lowest BCUT2D eigenvalue weighted by Gasteiger charge is -2.29. The van der Waals surface area contributed by atoms with Crippen molar-refractivity contribution >= 4 is 5.91 Å². The number of hydrogen-bond acceptors (Lipinski definition) is 3. The lowest BCUT2D eigenvalue weighted by atomic mass is 9.93. The van der Waals surface area contributed by atoms with Crippen LogP contribution in [0, 0.1) is 19.3 Å². The van der Waals surface area contributed by atoms with Gasteiger partial charge in [-0.25, -0.2) is 0 Å². The standard InChI is InChI=1S/C20H29N3O2/c1-14-11-18(19(24)22(5)13-20(3,4)12-21)15(2)23(14)16-7-9-17(25-6)10-8-16/h7-11H,12-13,21H2,1-6H3. The Morgan fingerprint density at radius 3 is 2.36 bits per heavy atom. The van der Waals surface area contributed by atoms with Crippen molar-refractivity contribution in [2.24, 2.45) is 11.1 Å². The van der Waals surface area contributed by atoms with Crippen LogP contribution in [0.2, 0.25) is 0 Å². The second-order valence-electron chi connectivity index (χ2n) is 7.35.